The molecule has 0 aliphatic heterocycles. The van der Waals surface area contributed by atoms with E-state index in [0.717, 1.165) is 45.3 Å². The van der Waals surface area contributed by atoms with Crippen LogP contribution >= 0.6 is 0 Å². The van der Waals surface area contributed by atoms with Gasteiger partial charge in [-0.15, -0.1) is 54.1 Å². The van der Waals surface area contributed by atoms with Crippen molar-refractivity contribution in [2.45, 2.75) is 20.2 Å². The van der Waals surface area contributed by atoms with Crippen LogP contribution in [0.25, 0.3) is 55.7 Å². The third-order valence-electron chi connectivity index (χ3n) is 7.74. The zero-order valence-corrected chi connectivity index (χ0v) is 28.0. The Bertz CT molecular complexity index is 2340. The molecule has 4 aromatic heterocycles. The van der Waals surface area contributed by atoms with E-state index in [2.05, 4.69) is 69.5 Å². The maximum absolute atomic E-state index is 7.64. The van der Waals surface area contributed by atoms with Gasteiger partial charge < -0.3 is 14.4 Å². The summed E-state index contributed by atoms with van der Waals surface area (Å²) < 4.78 is 29.0. The number of furan rings is 1. The van der Waals surface area contributed by atoms with Gasteiger partial charge in [0.05, 0.1) is 5.58 Å². The first kappa shape index (κ1) is 28.0. The second kappa shape index (κ2) is 14.5. The first-order valence-electron chi connectivity index (χ1n) is 16.6. The smallest absolute Gasteiger partial charge is 0.216 e. The number of hydrogen-bond donors (Lipinski definition) is 0. The Kier molecular flexibility index (Phi) is 8.63. The van der Waals surface area contributed by atoms with Crippen LogP contribution in [-0.2, 0) is 26.5 Å². The molecule has 0 saturated heterocycles. The predicted octanol–water partition coefficient (Wildman–Crippen LogP) is 10.3. The molecule has 8 aromatic rings. The summed E-state index contributed by atoms with van der Waals surface area (Å²) in [6, 6.07) is 48.3. The zero-order chi connectivity index (χ0) is 33.8. The summed E-state index contributed by atoms with van der Waals surface area (Å²) in [4.78, 5) is 13.2. The summed E-state index contributed by atoms with van der Waals surface area (Å²) in [6.07, 6.45) is 4.43. The van der Waals surface area contributed by atoms with Gasteiger partial charge in [-0.25, -0.2) is 4.98 Å². The fourth-order valence-electron chi connectivity index (χ4n) is 5.39. The van der Waals surface area contributed by atoms with Crippen molar-refractivity contribution < 1.29 is 28.6 Å². The number of fused-ring (bicyclic) bond motifs is 3. The normalized spacial score (nSPS) is 11.9. The number of aryl methyl sites for hydroxylation is 2. The molecule has 4 heterocycles. The van der Waals surface area contributed by atoms with Gasteiger partial charge in [0, 0.05) is 47.7 Å². The van der Waals surface area contributed by atoms with E-state index in [9.17, 15) is 0 Å². The summed E-state index contributed by atoms with van der Waals surface area (Å²) in [7, 11) is 0. The van der Waals surface area contributed by atoms with Crippen LogP contribution in [-0.4, -0.2) is 15.0 Å². The molecule has 0 unspecified atom stereocenters. The molecular weight excluding hydrogens is 755 g/mol. The van der Waals surface area contributed by atoms with E-state index in [1.165, 1.54) is 28.3 Å². The van der Waals surface area contributed by atoms with Gasteiger partial charge in [0.1, 0.15) is 0 Å². The molecule has 0 atom stereocenters. The number of benzene rings is 4. The Labute approximate surface area is 292 Å². The van der Waals surface area contributed by atoms with Gasteiger partial charge in [-0.2, -0.15) is 0 Å². The predicted molar refractivity (Wildman–Crippen MR) is 186 cm³/mol. The van der Waals surface area contributed by atoms with Gasteiger partial charge in [-0.1, -0.05) is 83.7 Å². The van der Waals surface area contributed by atoms with Crippen molar-refractivity contribution in [1.29, 1.82) is 0 Å². The molecule has 0 amide bonds. The fourth-order valence-corrected chi connectivity index (χ4v) is 5.39. The van der Waals surface area contributed by atoms with Crippen LogP contribution in [0.15, 0.2) is 144 Å². The topological polar surface area (TPSA) is 51.8 Å². The molecule has 0 bridgehead atoms. The molecule has 0 spiro atoms. The molecule has 0 aliphatic rings. The zero-order valence-electron chi connectivity index (χ0n) is 28.6. The van der Waals surface area contributed by atoms with Gasteiger partial charge in [-0.05, 0) is 77.6 Å². The van der Waals surface area contributed by atoms with Gasteiger partial charge in [0.2, 0.25) is 5.71 Å². The molecule has 8 rings (SSSR count). The summed E-state index contributed by atoms with van der Waals surface area (Å²) in [5.41, 5.74) is 10.3. The van der Waals surface area contributed by atoms with Gasteiger partial charge in [0.25, 0.3) is 0 Å². The van der Waals surface area contributed by atoms with E-state index < -0.39 is 6.85 Å². The van der Waals surface area contributed by atoms with E-state index in [1.54, 1.807) is 12.3 Å². The maximum atomic E-state index is 7.64. The minimum Gasteiger partial charge on any atom is -0.486 e. The van der Waals surface area contributed by atoms with E-state index >= 15 is 0 Å². The third-order valence-corrected chi connectivity index (χ3v) is 7.74. The monoisotopic (exact) mass is 789 g/mol. The Morgan fingerprint density at radius 2 is 1.53 bits per heavy atom. The van der Waals surface area contributed by atoms with E-state index in [4.69, 9.17) is 8.53 Å². The maximum Gasteiger partial charge on any atom is 0.216 e. The first-order valence-corrected chi connectivity index (χ1v) is 15.1. The number of nitrogens with zero attached hydrogens (tertiary/aromatic N) is 3. The molecule has 4 nitrogen and oxygen atoms in total. The van der Waals surface area contributed by atoms with Crippen molar-refractivity contribution in [1.82, 2.24) is 15.0 Å². The third kappa shape index (κ3) is 7.28. The Morgan fingerprint density at radius 1 is 0.702 bits per heavy atom. The van der Waals surface area contributed by atoms with Crippen molar-refractivity contribution in [3.8, 4) is 33.6 Å². The van der Waals surface area contributed by atoms with E-state index in [1.807, 2.05) is 85.9 Å². The van der Waals surface area contributed by atoms with Crippen LogP contribution in [0, 0.1) is 25.9 Å². The number of rotatable bonds is 5. The quantitative estimate of drug-likeness (QED) is 0.163. The molecule has 5 heteroatoms. The minimum absolute atomic E-state index is 0. The average molecular weight is 789 g/mol. The SMILES string of the molecule is Cc1ccc(-c2[c-]cccc2)nc1.[2H]C([2H])([2H])c1ccc2c(n1)oc1c(-c3cc(Cc4ccc(-c5ccccc5)cc4)ccn3)[c-]ccc12.[Ir]. The van der Waals surface area contributed by atoms with Gasteiger partial charge in [0.15, 0.2) is 0 Å². The molecular formula is C42H31IrN3O-2. The fraction of sp³-hybridized carbons (Fsp3) is 0.0714. The standard InChI is InChI=1S/C30H21N2O.C12H10N.Ir/c1-20-10-15-26-25-8-5-9-27(29(25)33-30(26)32-20)28-19-22(16-17-31-28)18-21-11-13-24(14-12-21)23-6-3-2-4-7-23;1-10-7-8-12(13-9-10)11-5-3-2-4-6-11;/h2-8,10-17,19H,18H2,1H3;2-5,7-9H,1H3;/q2*-1;/i1D3;;. The summed E-state index contributed by atoms with van der Waals surface area (Å²) in [5, 5.41) is 1.62. The van der Waals surface area contributed by atoms with Crippen molar-refractivity contribution in [3.05, 3.63) is 174 Å². The largest absolute Gasteiger partial charge is 0.486 e. The molecule has 0 saturated carbocycles. The van der Waals surface area contributed by atoms with Crippen LogP contribution in [0.3, 0.4) is 0 Å². The Hall–Kier alpha value is -5.22. The molecule has 231 valence electrons. The minimum atomic E-state index is -2.29. The molecule has 0 N–H and O–H groups in total. The van der Waals surface area contributed by atoms with Crippen molar-refractivity contribution in [2.75, 3.05) is 0 Å². The second-order valence-electron chi connectivity index (χ2n) is 11.0. The van der Waals surface area contributed by atoms with Crippen LogP contribution in [0.1, 0.15) is 26.5 Å². The second-order valence-corrected chi connectivity index (χ2v) is 11.0. The van der Waals surface area contributed by atoms with Crippen LogP contribution in [0.2, 0.25) is 0 Å². The van der Waals surface area contributed by atoms with Gasteiger partial charge >= 0.3 is 0 Å². The van der Waals surface area contributed by atoms with Crippen LogP contribution in [0.4, 0.5) is 0 Å². The van der Waals surface area contributed by atoms with Crippen molar-refractivity contribution in [3.63, 3.8) is 0 Å². The number of pyridine rings is 3. The summed E-state index contributed by atoms with van der Waals surface area (Å²) in [6.45, 7) is -0.261. The molecule has 0 fully saturated rings. The summed E-state index contributed by atoms with van der Waals surface area (Å²) in [5.74, 6) is 0. The first-order chi connectivity index (χ1) is 23.8. The Morgan fingerprint density at radius 3 is 2.30 bits per heavy atom. The molecule has 4 aromatic carbocycles. The molecule has 47 heavy (non-hydrogen) atoms. The molecule has 0 aliphatic carbocycles. The van der Waals surface area contributed by atoms with Gasteiger partial charge in [-0.3, -0.25) is 0 Å². The number of hydrogen-bond acceptors (Lipinski definition) is 4. The number of aromatic nitrogens is 3. The summed E-state index contributed by atoms with van der Waals surface area (Å²) >= 11 is 0. The van der Waals surface area contributed by atoms with Crippen molar-refractivity contribution >= 4 is 22.1 Å². The van der Waals surface area contributed by atoms with Crippen molar-refractivity contribution in [2.24, 2.45) is 0 Å². The molecule has 1 radical (unpaired) electrons. The van der Waals surface area contributed by atoms with E-state index in [0.29, 0.717) is 11.3 Å². The van der Waals surface area contributed by atoms with Crippen LogP contribution < -0.4 is 0 Å². The average Bonchev–Trinajstić information content (AvgIpc) is 3.51. The van der Waals surface area contributed by atoms with E-state index in [-0.39, 0.29) is 25.8 Å². The Balaban J connectivity index is 0.000000260. The van der Waals surface area contributed by atoms with Crippen LogP contribution in [0.5, 0.6) is 0 Å².